The Labute approximate surface area is 167 Å². The van der Waals surface area contributed by atoms with Crippen LogP contribution in [0.3, 0.4) is 0 Å². The SMILES string of the molecule is CNCCOc1ccc(/C(=C(\c2ccccc2)[C@H](C)O)c2ccccc2)cc1. The summed E-state index contributed by atoms with van der Waals surface area (Å²) in [4.78, 5) is 0. The first kappa shape index (κ1) is 19.9. The number of nitrogens with one attached hydrogen (secondary N) is 1. The average molecular weight is 373 g/mol. The number of aliphatic hydroxyl groups is 1. The molecule has 2 N–H and O–H groups in total. The van der Waals surface area contributed by atoms with Crippen molar-refractivity contribution in [2.45, 2.75) is 13.0 Å². The minimum absolute atomic E-state index is 0.607. The molecule has 0 aliphatic carbocycles. The van der Waals surface area contributed by atoms with E-state index in [0.717, 1.165) is 40.1 Å². The largest absolute Gasteiger partial charge is 0.492 e. The van der Waals surface area contributed by atoms with Crippen molar-refractivity contribution in [2.75, 3.05) is 20.2 Å². The number of benzene rings is 3. The van der Waals surface area contributed by atoms with E-state index >= 15 is 0 Å². The monoisotopic (exact) mass is 373 g/mol. The Bertz CT molecular complexity index is 885. The smallest absolute Gasteiger partial charge is 0.119 e. The molecule has 0 saturated carbocycles. The molecule has 0 spiro atoms. The van der Waals surface area contributed by atoms with Gasteiger partial charge in [-0.3, -0.25) is 0 Å². The molecule has 3 rings (SSSR count). The maximum Gasteiger partial charge on any atom is 0.119 e. The van der Waals surface area contributed by atoms with Gasteiger partial charge in [0.05, 0.1) is 6.10 Å². The van der Waals surface area contributed by atoms with Gasteiger partial charge < -0.3 is 15.2 Å². The van der Waals surface area contributed by atoms with E-state index in [4.69, 9.17) is 4.74 Å². The highest BCUT2D eigenvalue weighted by Gasteiger charge is 2.17. The van der Waals surface area contributed by atoms with Crippen molar-refractivity contribution in [3.63, 3.8) is 0 Å². The quantitative estimate of drug-likeness (QED) is 0.447. The third-order valence-corrected chi connectivity index (χ3v) is 4.60. The van der Waals surface area contributed by atoms with Crippen LogP contribution in [-0.2, 0) is 0 Å². The second-order valence-electron chi connectivity index (χ2n) is 6.67. The lowest BCUT2D eigenvalue weighted by Gasteiger charge is -2.20. The number of ether oxygens (including phenoxy) is 1. The van der Waals surface area contributed by atoms with Crippen molar-refractivity contribution in [1.82, 2.24) is 5.32 Å². The van der Waals surface area contributed by atoms with Crippen LogP contribution in [0.5, 0.6) is 5.75 Å². The van der Waals surface area contributed by atoms with E-state index in [1.807, 2.05) is 74.6 Å². The van der Waals surface area contributed by atoms with E-state index < -0.39 is 6.10 Å². The van der Waals surface area contributed by atoms with Gasteiger partial charge in [-0.25, -0.2) is 0 Å². The fourth-order valence-electron chi connectivity index (χ4n) is 3.28. The zero-order valence-corrected chi connectivity index (χ0v) is 16.4. The fraction of sp³-hybridized carbons (Fsp3) is 0.200. The van der Waals surface area contributed by atoms with Gasteiger partial charge in [-0.1, -0.05) is 72.8 Å². The molecule has 0 radical (unpaired) electrons. The van der Waals surface area contributed by atoms with Gasteiger partial charge in [-0.2, -0.15) is 0 Å². The van der Waals surface area contributed by atoms with Crippen LogP contribution in [0.1, 0.15) is 23.6 Å². The van der Waals surface area contributed by atoms with Crippen LogP contribution in [0.2, 0.25) is 0 Å². The van der Waals surface area contributed by atoms with Gasteiger partial charge >= 0.3 is 0 Å². The Morgan fingerprint density at radius 2 is 1.36 bits per heavy atom. The standard InChI is InChI=1S/C25H27NO2/c1-19(27)24(20-9-5-3-6-10-20)25(21-11-7-4-8-12-21)22-13-15-23(16-14-22)28-18-17-26-2/h3-16,19,26-27H,17-18H2,1-2H3/b25-24-/t19-/m0/s1. The van der Waals surface area contributed by atoms with Crippen LogP contribution in [0, 0.1) is 0 Å². The summed E-state index contributed by atoms with van der Waals surface area (Å²) in [5.41, 5.74) is 5.09. The zero-order valence-electron chi connectivity index (χ0n) is 16.4. The number of hydrogen-bond acceptors (Lipinski definition) is 3. The van der Waals surface area contributed by atoms with E-state index in [0.29, 0.717) is 6.61 Å². The molecule has 0 saturated heterocycles. The predicted molar refractivity (Wildman–Crippen MR) is 116 cm³/mol. The molecule has 3 heteroatoms. The highest BCUT2D eigenvalue weighted by atomic mass is 16.5. The first-order valence-corrected chi connectivity index (χ1v) is 9.61. The minimum Gasteiger partial charge on any atom is -0.492 e. The topological polar surface area (TPSA) is 41.5 Å². The summed E-state index contributed by atoms with van der Waals surface area (Å²) in [5.74, 6) is 0.838. The summed E-state index contributed by atoms with van der Waals surface area (Å²) >= 11 is 0. The molecule has 28 heavy (non-hydrogen) atoms. The van der Waals surface area contributed by atoms with E-state index in [1.165, 1.54) is 0 Å². The molecule has 0 aromatic heterocycles. The number of aliphatic hydroxyl groups excluding tert-OH is 1. The summed E-state index contributed by atoms with van der Waals surface area (Å²) in [7, 11) is 1.91. The third kappa shape index (κ3) is 4.89. The van der Waals surface area contributed by atoms with Gasteiger partial charge in [0.2, 0.25) is 0 Å². The van der Waals surface area contributed by atoms with Gasteiger partial charge in [0, 0.05) is 6.54 Å². The Kier molecular flexibility index (Phi) is 7.01. The highest BCUT2D eigenvalue weighted by molar-refractivity contribution is 5.99. The average Bonchev–Trinajstić information content (AvgIpc) is 2.74. The lowest BCUT2D eigenvalue weighted by molar-refractivity contribution is 0.253. The Hall–Kier alpha value is -2.88. The van der Waals surface area contributed by atoms with Crippen LogP contribution in [0.4, 0.5) is 0 Å². The summed E-state index contributed by atoms with van der Waals surface area (Å²) in [6.45, 7) is 3.25. The van der Waals surface area contributed by atoms with Crippen molar-refractivity contribution in [3.8, 4) is 5.75 Å². The van der Waals surface area contributed by atoms with Crippen molar-refractivity contribution in [2.24, 2.45) is 0 Å². The second-order valence-corrected chi connectivity index (χ2v) is 6.67. The molecule has 0 heterocycles. The fourth-order valence-corrected chi connectivity index (χ4v) is 3.28. The van der Waals surface area contributed by atoms with Crippen molar-refractivity contribution in [1.29, 1.82) is 0 Å². The molecule has 0 fully saturated rings. The van der Waals surface area contributed by atoms with Crippen LogP contribution in [-0.4, -0.2) is 31.4 Å². The Morgan fingerprint density at radius 1 is 0.821 bits per heavy atom. The van der Waals surface area contributed by atoms with E-state index in [9.17, 15) is 5.11 Å². The molecule has 144 valence electrons. The molecular weight excluding hydrogens is 346 g/mol. The first-order valence-electron chi connectivity index (χ1n) is 9.61. The van der Waals surface area contributed by atoms with Gasteiger partial charge in [-0.15, -0.1) is 0 Å². The van der Waals surface area contributed by atoms with Gasteiger partial charge in [-0.05, 0) is 53.9 Å². The maximum absolute atomic E-state index is 10.7. The third-order valence-electron chi connectivity index (χ3n) is 4.60. The number of likely N-dealkylation sites (N-methyl/N-ethyl adjacent to an activating group) is 1. The summed E-state index contributed by atoms with van der Waals surface area (Å²) in [5, 5.41) is 13.7. The minimum atomic E-state index is -0.607. The maximum atomic E-state index is 10.7. The molecule has 0 aliphatic heterocycles. The van der Waals surface area contributed by atoms with E-state index in [2.05, 4.69) is 29.6 Å². The number of rotatable bonds is 8. The summed E-state index contributed by atoms with van der Waals surface area (Å²) in [6, 6.07) is 28.4. The van der Waals surface area contributed by atoms with Gasteiger partial charge in [0.25, 0.3) is 0 Å². The number of hydrogen-bond donors (Lipinski definition) is 2. The predicted octanol–water partition coefficient (Wildman–Crippen LogP) is 4.62. The molecule has 0 bridgehead atoms. The lowest BCUT2D eigenvalue weighted by Crippen LogP contribution is -2.15. The van der Waals surface area contributed by atoms with Crippen LogP contribution < -0.4 is 10.1 Å². The molecule has 0 unspecified atom stereocenters. The molecular formula is C25H27NO2. The van der Waals surface area contributed by atoms with Crippen LogP contribution in [0.15, 0.2) is 84.9 Å². The van der Waals surface area contributed by atoms with Crippen molar-refractivity contribution < 1.29 is 9.84 Å². The highest BCUT2D eigenvalue weighted by Crippen LogP contribution is 2.35. The summed E-state index contributed by atoms with van der Waals surface area (Å²) in [6.07, 6.45) is -0.607. The zero-order chi connectivity index (χ0) is 19.8. The van der Waals surface area contributed by atoms with Gasteiger partial charge in [0.15, 0.2) is 0 Å². The second kappa shape index (κ2) is 9.88. The first-order chi connectivity index (χ1) is 13.7. The van der Waals surface area contributed by atoms with Crippen LogP contribution in [0.25, 0.3) is 11.1 Å². The normalized spacial score (nSPS) is 13.0. The van der Waals surface area contributed by atoms with Crippen LogP contribution >= 0.6 is 0 Å². The van der Waals surface area contributed by atoms with Gasteiger partial charge in [0.1, 0.15) is 12.4 Å². The molecule has 3 nitrogen and oxygen atoms in total. The Balaban J connectivity index is 2.10. The Morgan fingerprint density at radius 3 is 1.89 bits per heavy atom. The molecule has 0 aliphatic rings. The molecule has 3 aromatic carbocycles. The van der Waals surface area contributed by atoms with Crippen molar-refractivity contribution >= 4 is 11.1 Å². The lowest BCUT2D eigenvalue weighted by atomic mass is 9.87. The summed E-state index contributed by atoms with van der Waals surface area (Å²) < 4.78 is 5.75. The van der Waals surface area contributed by atoms with Crippen molar-refractivity contribution in [3.05, 3.63) is 102 Å². The molecule has 3 aromatic rings. The molecule has 0 amide bonds. The molecule has 1 atom stereocenters. The van der Waals surface area contributed by atoms with E-state index in [1.54, 1.807) is 0 Å². The van der Waals surface area contributed by atoms with E-state index in [-0.39, 0.29) is 0 Å².